The molecule has 1 unspecified atom stereocenters. The first-order valence-corrected chi connectivity index (χ1v) is 13.5. The Kier molecular flexibility index (Phi) is 8.17. The Hall–Kier alpha value is -2.60. The highest BCUT2D eigenvalue weighted by molar-refractivity contribution is 7.93. The van der Waals surface area contributed by atoms with Gasteiger partial charge in [0.05, 0.1) is 6.61 Å². The van der Waals surface area contributed by atoms with Gasteiger partial charge in [-0.25, -0.2) is 8.42 Å². The number of likely N-dealkylation sites (N-methyl/N-ethyl adjacent to an activating group) is 1. The highest BCUT2D eigenvalue weighted by Crippen LogP contribution is 2.29. The van der Waals surface area contributed by atoms with Crippen LogP contribution in [0.1, 0.15) is 12.5 Å². The molecule has 5 N–H and O–H groups in total. The van der Waals surface area contributed by atoms with Crippen molar-refractivity contribution in [3.63, 3.8) is 0 Å². The number of benzene rings is 2. The van der Waals surface area contributed by atoms with Crippen LogP contribution in [0, 0.1) is 11.3 Å². The maximum absolute atomic E-state index is 13.1. The van der Waals surface area contributed by atoms with Crippen LogP contribution in [-0.4, -0.2) is 104 Å². The molecule has 2 saturated heterocycles. The van der Waals surface area contributed by atoms with Crippen molar-refractivity contribution in [1.29, 1.82) is 5.26 Å². The monoisotopic (exact) mass is 532 g/mol. The minimum atomic E-state index is -4.53. The molecule has 37 heavy (non-hydrogen) atoms. The average Bonchev–Trinajstić information content (AvgIpc) is 2.88. The second-order valence-electron chi connectivity index (χ2n) is 9.48. The minimum Gasteiger partial charge on any atom is -0.394 e. The molecule has 4 rings (SSSR count). The van der Waals surface area contributed by atoms with E-state index >= 15 is 0 Å². The van der Waals surface area contributed by atoms with Gasteiger partial charge in [-0.3, -0.25) is 0 Å². The molecular formula is C25H32N4O7S. The predicted octanol–water partition coefficient (Wildman–Crippen LogP) is -0.435. The first kappa shape index (κ1) is 27.4. The number of hydrogen-bond acceptors (Lipinski definition) is 10. The van der Waals surface area contributed by atoms with Crippen LogP contribution >= 0.6 is 0 Å². The lowest BCUT2D eigenvalue weighted by Crippen LogP contribution is -2.64. The molecule has 11 nitrogen and oxygen atoms in total. The van der Waals surface area contributed by atoms with E-state index in [-0.39, 0.29) is 5.57 Å². The third-order valence-electron chi connectivity index (χ3n) is 7.03. The van der Waals surface area contributed by atoms with Crippen molar-refractivity contribution in [3.05, 3.63) is 46.9 Å². The molecule has 2 fully saturated rings. The summed E-state index contributed by atoms with van der Waals surface area (Å²) in [6.45, 7) is 4.66. The Morgan fingerprint density at radius 3 is 2.38 bits per heavy atom. The molecule has 2 aromatic rings. The van der Waals surface area contributed by atoms with Gasteiger partial charge in [-0.15, -0.1) is 0 Å². The molecule has 0 saturated carbocycles. The van der Waals surface area contributed by atoms with Gasteiger partial charge < -0.3 is 35.0 Å². The van der Waals surface area contributed by atoms with E-state index in [2.05, 4.69) is 27.6 Å². The summed E-state index contributed by atoms with van der Waals surface area (Å²) in [7, 11) is -2.43. The third-order valence-corrected chi connectivity index (χ3v) is 8.54. The van der Waals surface area contributed by atoms with Gasteiger partial charge in [0.15, 0.2) is 11.2 Å². The van der Waals surface area contributed by atoms with Crippen LogP contribution in [0.5, 0.6) is 0 Å². The molecule has 2 heterocycles. The highest BCUT2D eigenvalue weighted by atomic mass is 32.2. The van der Waals surface area contributed by atoms with Crippen molar-refractivity contribution in [2.24, 2.45) is 0 Å². The first-order valence-electron chi connectivity index (χ1n) is 12.0. The van der Waals surface area contributed by atoms with Crippen molar-refractivity contribution < 1.29 is 33.6 Å². The number of nitrogens with one attached hydrogen (secondary N) is 1. The molecule has 5 atom stereocenters. The van der Waals surface area contributed by atoms with Crippen LogP contribution in [0.4, 0.5) is 5.69 Å². The molecule has 2 aromatic carbocycles. The van der Waals surface area contributed by atoms with Gasteiger partial charge in [0.2, 0.25) is 0 Å². The van der Waals surface area contributed by atoms with Gasteiger partial charge in [0.25, 0.3) is 10.0 Å². The molecule has 2 aliphatic rings. The van der Waals surface area contributed by atoms with Crippen molar-refractivity contribution >= 4 is 32.1 Å². The van der Waals surface area contributed by atoms with Crippen LogP contribution < -0.4 is 9.62 Å². The Morgan fingerprint density at radius 2 is 1.73 bits per heavy atom. The van der Waals surface area contributed by atoms with E-state index in [1.165, 1.54) is 6.92 Å². The van der Waals surface area contributed by atoms with E-state index in [1.807, 2.05) is 18.2 Å². The van der Waals surface area contributed by atoms with E-state index < -0.39 is 52.2 Å². The summed E-state index contributed by atoms with van der Waals surface area (Å²) in [4.78, 5) is 4.01. The maximum Gasteiger partial charge on any atom is 0.251 e. The van der Waals surface area contributed by atoms with Crippen molar-refractivity contribution in [2.45, 2.75) is 37.6 Å². The number of anilines is 1. The largest absolute Gasteiger partial charge is 0.394 e. The van der Waals surface area contributed by atoms with Gasteiger partial charge in [0, 0.05) is 31.9 Å². The number of aliphatic hydroxyl groups excluding tert-OH is 4. The SMILES string of the molecule is C/C(=C(/C#N)S(=O)(=O)N[C@H]1C(O)O[C@H](CO)[C@@H](O)[C@@H]1O)c1ccc2cc(N3CCN(C)CC3)ccc2c1. The number of aliphatic hydroxyl groups is 4. The number of piperazine rings is 1. The van der Waals surface area contributed by atoms with E-state index in [4.69, 9.17) is 4.74 Å². The predicted molar refractivity (Wildman–Crippen MR) is 138 cm³/mol. The number of sulfonamides is 1. The van der Waals surface area contributed by atoms with Gasteiger partial charge in [-0.1, -0.05) is 18.2 Å². The summed E-state index contributed by atoms with van der Waals surface area (Å²) < 4.78 is 33.3. The standard InChI is InChI=1S/C25H32N4O7S/c1-15(21(13-26)37(34,35)27-22-24(32)23(31)20(14-30)36-25(22)33)16-3-4-18-12-19(6-5-17(18)11-16)29-9-7-28(2)8-10-29/h3-6,11-12,20,22-25,27,30-33H,7-10,14H2,1-2H3/b21-15+/t20-,22-,23-,24-,25?/m1/s1. The van der Waals surface area contributed by atoms with E-state index in [0.29, 0.717) is 5.56 Å². The molecular weight excluding hydrogens is 500 g/mol. The lowest BCUT2D eigenvalue weighted by molar-refractivity contribution is -0.251. The van der Waals surface area contributed by atoms with Crippen molar-refractivity contribution in [2.75, 3.05) is 44.7 Å². The zero-order valence-corrected chi connectivity index (χ0v) is 21.5. The highest BCUT2D eigenvalue weighted by Gasteiger charge is 2.45. The molecule has 0 aliphatic carbocycles. The van der Waals surface area contributed by atoms with E-state index in [9.17, 15) is 34.1 Å². The third kappa shape index (κ3) is 5.64. The lowest BCUT2D eigenvalue weighted by atomic mass is 9.98. The van der Waals surface area contributed by atoms with Crippen LogP contribution in [0.2, 0.25) is 0 Å². The number of nitriles is 1. The Balaban J connectivity index is 1.60. The smallest absolute Gasteiger partial charge is 0.251 e. The number of rotatable bonds is 6. The van der Waals surface area contributed by atoms with Crippen LogP contribution in [0.25, 0.3) is 16.3 Å². The first-order chi connectivity index (χ1) is 17.6. The maximum atomic E-state index is 13.1. The Morgan fingerprint density at radius 1 is 1.08 bits per heavy atom. The number of ether oxygens (including phenoxy) is 1. The zero-order valence-electron chi connectivity index (χ0n) is 20.6. The van der Waals surface area contributed by atoms with Gasteiger partial charge in [-0.05, 0) is 54.1 Å². The van der Waals surface area contributed by atoms with Gasteiger partial charge in [-0.2, -0.15) is 9.98 Å². The Bertz CT molecular complexity index is 1320. The fourth-order valence-electron chi connectivity index (χ4n) is 4.67. The summed E-state index contributed by atoms with van der Waals surface area (Å²) >= 11 is 0. The molecule has 0 amide bonds. The number of fused-ring (bicyclic) bond motifs is 1. The second kappa shape index (κ2) is 11.0. The zero-order chi connectivity index (χ0) is 26.9. The summed E-state index contributed by atoms with van der Waals surface area (Å²) in [5.74, 6) is 0. The summed E-state index contributed by atoms with van der Waals surface area (Å²) in [6.07, 6.45) is -6.55. The number of allylic oxidation sites excluding steroid dienone is 2. The van der Waals surface area contributed by atoms with Crippen LogP contribution in [-0.2, 0) is 14.8 Å². The number of nitrogens with zero attached hydrogens (tertiary/aromatic N) is 3. The topological polar surface area (TPSA) is 167 Å². The summed E-state index contributed by atoms with van der Waals surface area (Å²) in [6, 6.07) is 11.5. The molecule has 2 aliphatic heterocycles. The van der Waals surface area contributed by atoms with Gasteiger partial charge >= 0.3 is 0 Å². The molecule has 200 valence electrons. The fourth-order valence-corrected chi connectivity index (χ4v) is 6.04. The molecule has 0 radical (unpaired) electrons. The second-order valence-corrected chi connectivity index (χ2v) is 11.1. The van der Waals surface area contributed by atoms with E-state index in [1.54, 1.807) is 18.2 Å². The number of hydrogen-bond donors (Lipinski definition) is 5. The van der Waals surface area contributed by atoms with Crippen molar-refractivity contribution in [3.8, 4) is 6.07 Å². The summed E-state index contributed by atoms with van der Waals surface area (Å²) in [5.41, 5.74) is 1.81. The normalized spacial score (nSPS) is 28.1. The van der Waals surface area contributed by atoms with Crippen molar-refractivity contribution in [1.82, 2.24) is 9.62 Å². The fraction of sp³-hybridized carbons (Fsp3) is 0.480. The lowest BCUT2D eigenvalue weighted by Gasteiger charge is -2.40. The molecule has 0 spiro atoms. The van der Waals surface area contributed by atoms with E-state index in [0.717, 1.165) is 42.6 Å². The quantitative estimate of drug-likeness (QED) is 0.308. The molecule has 12 heteroatoms. The van der Waals surface area contributed by atoms with Crippen LogP contribution in [0.15, 0.2) is 41.3 Å². The minimum absolute atomic E-state index is 0.175. The summed E-state index contributed by atoms with van der Waals surface area (Å²) in [5, 5.41) is 51.3. The molecule has 0 aromatic heterocycles. The Labute approximate surface area is 215 Å². The molecule has 0 bridgehead atoms. The average molecular weight is 533 g/mol. The van der Waals surface area contributed by atoms with Gasteiger partial charge in [0.1, 0.15) is 30.4 Å². The van der Waals surface area contributed by atoms with Crippen LogP contribution in [0.3, 0.4) is 0 Å².